The fourth-order valence-corrected chi connectivity index (χ4v) is 6.30. The Morgan fingerprint density at radius 1 is 1.00 bits per heavy atom. The van der Waals surface area contributed by atoms with E-state index in [9.17, 15) is 14.4 Å². The minimum absolute atomic E-state index is 0.0235. The van der Waals surface area contributed by atoms with E-state index in [-0.39, 0.29) is 48.4 Å². The Morgan fingerprint density at radius 3 is 2.41 bits per heavy atom. The highest BCUT2D eigenvalue weighted by Gasteiger charge is 2.39. The smallest absolute Gasteiger partial charge is 0.337 e. The van der Waals surface area contributed by atoms with Gasteiger partial charge in [-0.15, -0.1) is 0 Å². The molecule has 46 heavy (non-hydrogen) atoms. The molecule has 0 unspecified atom stereocenters. The normalized spacial score (nSPS) is 20.4. The van der Waals surface area contributed by atoms with Gasteiger partial charge in [-0.3, -0.25) is 9.36 Å². The number of imidazole rings is 1. The summed E-state index contributed by atoms with van der Waals surface area (Å²) in [6.07, 6.45) is 3.01. The molecule has 1 amide bonds. The lowest BCUT2D eigenvalue weighted by molar-refractivity contribution is -0.172. The third kappa shape index (κ3) is 7.69. The summed E-state index contributed by atoms with van der Waals surface area (Å²) >= 11 is 0. The minimum Gasteiger partial charge on any atom is -0.465 e. The molecule has 12 heteroatoms. The average Bonchev–Trinajstić information content (AvgIpc) is 3.43. The van der Waals surface area contributed by atoms with E-state index in [2.05, 4.69) is 4.98 Å². The van der Waals surface area contributed by atoms with Crippen molar-refractivity contribution >= 4 is 22.9 Å². The molecule has 248 valence electrons. The average molecular weight is 638 g/mol. The van der Waals surface area contributed by atoms with E-state index < -0.39 is 12.3 Å². The molecule has 2 aliphatic rings. The molecule has 2 aromatic carbocycles. The molecular weight excluding hydrogens is 594 g/mol. The molecule has 3 aromatic rings. The van der Waals surface area contributed by atoms with Crippen molar-refractivity contribution in [3.05, 3.63) is 82.0 Å². The van der Waals surface area contributed by atoms with Gasteiger partial charge in [0.25, 0.3) is 5.91 Å². The molecule has 0 radical (unpaired) electrons. The van der Waals surface area contributed by atoms with Gasteiger partial charge in [-0.1, -0.05) is 24.3 Å². The summed E-state index contributed by atoms with van der Waals surface area (Å²) in [5, 5.41) is 8.89. The second-order valence-corrected chi connectivity index (χ2v) is 11.4. The SMILES string of the molecule is CCO[C@@H]1OC(C(=O)N2CCC(n3c(=O)[nH]c4ccccc43)CC2)=C[C@H](c2ccc(C(=O)OC)cc2)[C@H]1CCOCCOCCO. The van der Waals surface area contributed by atoms with Crippen molar-refractivity contribution in [2.45, 2.75) is 44.4 Å². The number of rotatable bonds is 14. The number of esters is 1. The highest BCUT2D eigenvalue weighted by Crippen LogP contribution is 2.40. The summed E-state index contributed by atoms with van der Waals surface area (Å²) in [5.41, 5.74) is 2.86. The topological polar surface area (TPSA) is 142 Å². The number of fused-ring (bicyclic) bond motifs is 1. The highest BCUT2D eigenvalue weighted by molar-refractivity contribution is 5.92. The van der Waals surface area contributed by atoms with Gasteiger partial charge in [0, 0.05) is 44.2 Å². The molecule has 1 aromatic heterocycles. The lowest BCUT2D eigenvalue weighted by Crippen LogP contribution is -2.44. The number of carbonyl (C=O) groups is 2. The fraction of sp³-hybridized carbons (Fsp3) is 0.500. The van der Waals surface area contributed by atoms with Crippen LogP contribution in [0.1, 0.15) is 54.1 Å². The Morgan fingerprint density at radius 2 is 1.72 bits per heavy atom. The Kier molecular flexibility index (Phi) is 11.6. The van der Waals surface area contributed by atoms with Gasteiger partial charge >= 0.3 is 11.7 Å². The maximum Gasteiger partial charge on any atom is 0.337 e. The number of aromatic amines is 1. The number of aliphatic hydroxyl groups excluding tert-OH is 1. The number of likely N-dealkylation sites (tertiary alicyclic amines) is 1. The Bertz CT molecular complexity index is 1540. The number of para-hydroxylation sites is 2. The van der Waals surface area contributed by atoms with Crippen molar-refractivity contribution in [3.8, 4) is 0 Å². The summed E-state index contributed by atoms with van der Waals surface area (Å²) in [6.45, 7) is 4.61. The first-order valence-corrected chi connectivity index (χ1v) is 15.9. The lowest BCUT2D eigenvalue weighted by atomic mass is 9.81. The number of H-pyrrole nitrogens is 1. The zero-order valence-electron chi connectivity index (χ0n) is 26.4. The van der Waals surface area contributed by atoms with E-state index >= 15 is 0 Å². The van der Waals surface area contributed by atoms with Crippen molar-refractivity contribution in [1.82, 2.24) is 14.5 Å². The molecule has 3 heterocycles. The van der Waals surface area contributed by atoms with Gasteiger partial charge in [-0.25, -0.2) is 9.59 Å². The molecule has 2 aliphatic heterocycles. The van der Waals surface area contributed by atoms with Gasteiger partial charge in [0.2, 0.25) is 6.29 Å². The number of benzene rings is 2. The number of carbonyl (C=O) groups excluding carboxylic acids is 2. The third-order valence-corrected chi connectivity index (χ3v) is 8.59. The van der Waals surface area contributed by atoms with Crippen LogP contribution in [-0.2, 0) is 28.5 Å². The van der Waals surface area contributed by atoms with Crippen LogP contribution in [0.15, 0.2) is 65.2 Å². The van der Waals surface area contributed by atoms with Crippen LogP contribution in [-0.4, -0.2) is 97.6 Å². The molecule has 5 rings (SSSR count). The first-order chi connectivity index (χ1) is 22.4. The zero-order chi connectivity index (χ0) is 32.5. The van der Waals surface area contributed by atoms with Crippen LogP contribution in [0, 0.1) is 5.92 Å². The van der Waals surface area contributed by atoms with Gasteiger partial charge in [-0.2, -0.15) is 0 Å². The number of ether oxygens (including phenoxy) is 5. The maximum atomic E-state index is 13.9. The van der Waals surface area contributed by atoms with Crippen LogP contribution in [0.25, 0.3) is 11.0 Å². The molecule has 0 bridgehead atoms. The quantitative estimate of drug-likeness (QED) is 0.201. The standard InChI is InChI=1S/C34H43N3O9/c1-3-45-33-26(14-18-43-20-21-44-19-17-38)27(23-8-10-24(11-9-23)32(40)42-2)22-30(46-33)31(39)36-15-12-25(13-16-36)37-29-7-5-4-6-28(29)35-34(37)41/h4-11,22,25-27,33,38H,3,12-21H2,1-2H3,(H,35,41)/t26-,27-,33-/m1/s1. The number of allylic oxidation sites excluding steroid dienone is 1. The second-order valence-electron chi connectivity index (χ2n) is 11.4. The number of hydrogen-bond acceptors (Lipinski definition) is 9. The van der Waals surface area contributed by atoms with Gasteiger partial charge in [0.15, 0.2) is 5.76 Å². The molecule has 0 saturated carbocycles. The van der Waals surface area contributed by atoms with E-state index in [1.807, 2.05) is 49.4 Å². The summed E-state index contributed by atoms with van der Waals surface area (Å²) in [5.74, 6) is -0.867. The van der Waals surface area contributed by atoms with Gasteiger partial charge < -0.3 is 38.7 Å². The van der Waals surface area contributed by atoms with E-state index in [1.165, 1.54) is 7.11 Å². The first-order valence-electron chi connectivity index (χ1n) is 15.9. The van der Waals surface area contributed by atoms with Crippen molar-refractivity contribution in [2.75, 3.05) is 59.8 Å². The van der Waals surface area contributed by atoms with Crippen molar-refractivity contribution < 1.29 is 38.4 Å². The van der Waals surface area contributed by atoms with E-state index in [0.29, 0.717) is 64.3 Å². The zero-order valence-corrected chi connectivity index (χ0v) is 26.4. The summed E-state index contributed by atoms with van der Waals surface area (Å²) in [6, 6.07) is 14.8. The van der Waals surface area contributed by atoms with Crippen LogP contribution < -0.4 is 5.69 Å². The third-order valence-electron chi connectivity index (χ3n) is 8.59. The molecule has 0 spiro atoms. The van der Waals surface area contributed by atoms with E-state index in [0.717, 1.165) is 16.6 Å². The van der Waals surface area contributed by atoms with Gasteiger partial charge in [-0.05, 0) is 62.1 Å². The molecule has 0 aliphatic carbocycles. The lowest BCUT2D eigenvalue weighted by Gasteiger charge is -2.39. The first kappa shape index (κ1) is 33.4. The minimum atomic E-state index is -0.698. The fourth-order valence-electron chi connectivity index (χ4n) is 6.30. The second kappa shape index (κ2) is 16.0. The molecule has 12 nitrogen and oxygen atoms in total. The largest absolute Gasteiger partial charge is 0.465 e. The number of amides is 1. The van der Waals surface area contributed by atoms with Crippen LogP contribution in [0.4, 0.5) is 0 Å². The summed E-state index contributed by atoms with van der Waals surface area (Å²) in [7, 11) is 1.34. The van der Waals surface area contributed by atoms with E-state index in [4.69, 9.17) is 28.8 Å². The Labute approximate surface area is 267 Å². The molecule has 2 N–H and O–H groups in total. The molecule has 1 fully saturated rings. The van der Waals surface area contributed by atoms with Crippen molar-refractivity contribution in [3.63, 3.8) is 0 Å². The van der Waals surface area contributed by atoms with Crippen LogP contribution in [0.5, 0.6) is 0 Å². The number of aliphatic hydroxyl groups is 1. The van der Waals surface area contributed by atoms with Gasteiger partial charge in [0.1, 0.15) is 0 Å². The molecular formula is C34H43N3O9. The summed E-state index contributed by atoms with van der Waals surface area (Å²) in [4.78, 5) is 43.5. The predicted molar refractivity (Wildman–Crippen MR) is 169 cm³/mol. The van der Waals surface area contributed by atoms with Gasteiger partial charge in [0.05, 0.1) is 50.1 Å². The summed E-state index contributed by atoms with van der Waals surface area (Å²) < 4.78 is 30.1. The number of nitrogens with one attached hydrogen (secondary N) is 1. The number of nitrogens with zero attached hydrogens (tertiary/aromatic N) is 2. The molecule has 1 saturated heterocycles. The maximum absolute atomic E-state index is 13.9. The number of piperidine rings is 1. The Balaban J connectivity index is 1.33. The van der Waals surface area contributed by atoms with Crippen LogP contribution in [0.3, 0.4) is 0 Å². The van der Waals surface area contributed by atoms with Crippen molar-refractivity contribution in [1.29, 1.82) is 0 Å². The van der Waals surface area contributed by atoms with Crippen LogP contribution in [0.2, 0.25) is 0 Å². The van der Waals surface area contributed by atoms with Crippen LogP contribution >= 0.6 is 0 Å². The number of aromatic nitrogens is 2. The highest BCUT2D eigenvalue weighted by atomic mass is 16.7. The number of methoxy groups -OCH3 is 1. The van der Waals surface area contributed by atoms with E-state index in [1.54, 1.807) is 21.6 Å². The molecule has 3 atom stereocenters. The predicted octanol–water partition coefficient (Wildman–Crippen LogP) is 3.37. The monoisotopic (exact) mass is 637 g/mol. The van der Waals surface area contributed by atoms with Crippen molar-refractivity contribution in [2.24, 2.45) is 5.92 Å². The Hall–Kier alpha value is -3.97. The number of hydrogen-bond donors (Lipinski definition) is 2.